The fourth-order valence-electron chi connectivity index (χ4n) is 5.54. The molecule has 0 bridgehead atoms. The van der Waals surface area contributed by atoms with Gasteiger partial charge in [-0.3, -0.25) is 0 Å². The van der Waals surface area contributed by atoms with Crippen LogP contribution in [0.1, 0.15) is 103 Å². The summed E-state index contributed by atoms with van der Waals surface area (Å²) < 4.78 is 6.47. The number of nitrogens with one attached hydrogen (secondary N) is 1. The predicted octanol–water partition coefficient (Wildman–Crippen LogP) is 5.75. The predicted molar refractivity (Wildman–Crippen MR) is 138 cm³/mol. The van der Waals surface area contributed by atoms with Gasteiger partial charge in [0.15, 0.2) is 0 Å². The lowest BCUT2D eigenvalue weighted by Gasteiger charge is -2.49. The first-order valence-corrected chi connectivity index (χ1v) is 12.9. The monoisotopic (exact) mass is 505 g/mol. The minimum absolute atomic E-state index is 0.00631. The quantitative estimate of drug-likeness (QED) is 0.162. The average Bonchev–Trinajstić information content (AvgIpc) is 2.79. The number of aliphatic carboxylic acids is 2. The van der Waals surface area contributed by atoms with E-state index in [0.29, 0.717) is 23.8 Å². The summed E-state index contributed by atoms with van der Waals surface area (Å²) in [6, 6.07) is 4.22. The summed E-state index contributed by atoms with van der Waals surface area (Å²) in [5.41, 5.74) is 4.29. The van der Waals surface area contributed by atoms with Crippen molar-refractivity contribution in [2.75, 3.05) is 0 Å². The van der Waals surface area contributed by atoms with Crippen molar-refractivity contribution >= 4 is 11.9 Å². The first-order chi connectivity index (χ1) is 16.8. The second kappa shape index (κ2) is 12.6. The van der Waals surface area contributed by atoms with Crippen molar-refractivity contribution in [1.29, 1.82) is 0 Å². The molecule has 1 aliphatic carbocycles. The van der Waals surface area contributed by atoms with Crippen molar-refractivity contribution in [1.82, 2.24) is 5.48 Å². The van der Waals surface area contributed by atoms with Crippen LogP contribution < -0.4 is 10.2 Å². The highest BCUT2D eigenvalue weighted by molar-refractivity contribution is 5.89. The number of benzene rings is 1. The van der Waals surface area contributed by atoms with Crippen LogP contribution in [-0.2, 0) is 15.0 Å². The number of phenols is 1. The molecular weight excluding hydrogens is 462 g/mol. The smallest absolute Gasteiger partial charge is 0.328 e. The molecule has 5 N–H and O–H groups in total. The maximum atomic E-state index is 11.0. The van der Waals surface area contributed by atoms with Crippen LogP contribution in [0.25, 0.3) is 0 Å². The van der Waals surface area contributed by atoms with Gasteiger partial charge < -0.3 is 25.3 Å². The Labute approximate surface area is 214 Å². The molecule has 1 fully saturated rings. The Morgan fingerprint density at radius 2 is 1.75 bits per heavy atom. The molecule has 3 atom stereocenters. The number of fused-ring (bicyclic) bond motifs is 3. The maximum absolute atomic E-state index is 11.0. The molecule has 1 aliphatic heterocycles. The Morgan fingerprint density at radius 3 is 2.31 bits per heavy atom. The summed E-state index contributed by atoms with van der Waals surface area (Å²) in [7, 11) is 0. The largest absolute Gasteiger partial charge is 0.508 e. The topological polar surface area (TPSA) is 136 Å². The normalized spacial score (nSPS) is 22.6. The fraction of sp³-hybridized carbons (Fsp3) is 0.643. The Morgan fingerprint density at radius 1 is 1.11 bits per heavy atom. The molecule has 0 spiro atoms. The summed E-state index contributed by atoms with van der Waals surface area (Å²) in [5.74, 6) is -0.762. The van der Waals surface area contributed by atoms with Crippen molar-refractivity contribution in [3.8, 4) is 11.5 Å². The highest BCUT2D eigenvalue weighted by Gasteiger charge is 2.48. The van der Waals surface area contributed by atoms with Gasteiger partial charge in [-0.1, -0.05) is 46.5 Å². The molecule has 0 aromatic heterocycles. The summed E-state index contributed by atoms with van der Waals surface area (Å²) in [4.78, 5) is 19.1. The summed E-state index contributed by atoms with van der Waals surface area (Å²) in [5, 5.41) is 36.1. The molecule has 3 rings (SSSR count). The van der Waals surface area contributed by atoms with Gasteiger partial charge in [0.25, 0.3) is 0 Å². The van der Waals surface area contributed by atoms with Crippen LogP contribution in [0.15, 0.2) is 24.3 Å². The number of aromatic hydroxyl groups is 1. The number of hydroxylamine groups is 1. The van der Waals surface area contributed by atoms with Crippen LogP contribution in [0.5, 0.6) is 11.5 Å². The molecule has 3 unspecified atom stereocenters. The first kappa shape index (κ1) is 29.6. The second-order valence-corrected chi connectivity index (χ2v) is 11.2. The van der Waals surface area contributed by atoms with Crippen LogP contribution in [0.4, 0.5) is 0 Å². The highest BCUT2D eigenvalue weighted by Crippen LogP contribution is 2.55. The first-order valence-electron chi connectivity index (χ1n) is 12.9. The number of phenolic OH excluding ortho intramolecular Hbond substituents is 1. The zero-order valence-corrected chi connectivity index (χ0v) is 22.2. The van der Waals surface area contributed by atoms with Gasteiger partial charge in [0.05, 0.1) is 0 Å². The van der Waals surface area contributed by atoms with Crippen molar-refractivity contribution in [2.24, 2.45) is 5.92 Å². The van der Waals surface area contributed by atoms with Gasteiger partial charge in [0.2, 0.25) is 0 Å². The third-order valence-electron chi connectivity index (χ3n) is 7.60. The lowest BCUT2D eigenvalue weighted by molar-refractivity contribution is -0.134. The molecule has 8 nitrogen and oxygen atoms in total. The van der Waals surface area contributed by atoms with Crippen molar-refractivity contribution in [2.45, 2.75) is 109 Å². The SMILES string of the molecule is CCCCCCC(C)(C)c1cc(O)c2c(c1)OC(C)(C)C1CCC(NO)CC21.O=C(O)/C=C\C(=O)O. The maximum Gasteiger partial charge on any atom is 0.328 e. The average molecular weight is 506 g/mol. The van der Waals surface area contributed by atoms with E-state index < -0.39 is 11.9 Å². The number of unbranched alkanes of at least 4 members (excludes halogenated alkanes) is 3. The van der Waals surface area contributed by atoms with Crippen LogP contribution in [0.3, 0.4) is 0 Å². The number of hydrogen-bond acceptors (Lipinski definition) is 6. The zero-order valence-electron chi connectivity index (χ0n) is 22.2. The molecule has 1 heterocycles. The Kier molecular flexibility index (Phi) is 10.4. The van der Waals surface area contributed by atoms with Crippen LogP contribution in [0, 0.1) is 5.92 Å². The number of rotatable bonds is 9. The molecule has 1 aromatic carbocycles. The van der Waals surface area contributed by atoms with E-state index in [1.54, 1.807) is 0 Å². The lowest BCUT2D eigenvalue weighted by Crippen LogP contribution is -2.49. The van der Waals surface area contributed by atoms with Crippen LogP contribution in [0.2, 0.25) is 0 Å². The van der Waals surface area contributed by atoms with Crippen molar-refractivity contribution in [3.63, 3.8) is 0 Å². The van der Waals surface area contributed by atoms with Gasteiger partial charge in [-0.25, -0.2) is 15.1 Å². The van der Waals surface area contributed by atoms with Gasteiger partial charge in [0.1, 0.15) is 17.1 Å². The minimum atomic E-state index is -1.26. The fourth-order valence-corrected chi connectivity index (χ4v) is 5.54. The zero-order chi connectivity index (χ0) is 27.1. The molecule has 0 radical (unpaired) electrons. The minimum Gasteiger partial charge on any atom is -0.508 e. The Balaban J connectivity index is 0.000000493. The summed E-state index contributed by atoms with van der Waals surface area (Å²) in [6.45, 7) is 11.1. The molecular formula is C28H43NO7. The van der Waals surface area contributed by atoms with E-state index in [2.05, 4.69) is 46.2 Å². The van der Waals surface area contributed by atoms with Crippen molar-refractivity contribution in [3.05, 3.63) is 35.4 Å². The van der Waals surface area contributed by atoms with Gasteiger partial charge >= 0.3 is 11.9 Å². The third-order valence-corrected chi connectivity index (χ3v) is 7.60. The Hall–Kier alpha value is -2.58. The Bertz CT molecular complexity index is 922. The standard InChI is InChI=1S/C24H39NO3.C4H4O4/c1-6-7-8-9-12-23(2,3)16-13-20(26)22-18-15-17(25-27)10-11-19(18)24(4,5)28-21(22)14-16;5-3(6)1-2-4(7)8/h13-14,17-19,25-27H,6-12,15H2,1-5H3;1-2H,(H,5,6)(H,7,8)/b;2-1-. The summed E-state index contributed by atoms with van der Waals surface area (Å²) >= 11 is 0. The number of carbonyl (C=O) groups is 2. The number of ether oxygens (including phenoxy) is 1. The summed E-state index contributed by atoms with van der Waals surface area (Å²) in [6.07, 6.45) is 9.97. The number of carboxylic acids is 2. The van der Waals surface area contributed by atoms with E-state index in [4.69, 9.17) is 14.9 Å². The lowest BCUT2D eigenvalue weighted by atomic mass is 9.65. The molecule has 8 heteroatoms. The van der Waals surface area contributed by atoms with E-state index >= 15 is 0 Å². The molecule has 202 valence electrons. The van der Waals surface area contributed by atoms with Gasteiger partial charge in [0, 0.05) is 29.7 Å². The second-order valence-electron chi connectivity index (χ2n) is 11.2. The molecule has 0 amide bonds. The van der Waals surface area contributed by atoms with E-state index in [9.17, 15) is 19.9 Å². The van der Waals surface area contributed by atoms with Gasteiger partial charge in [-0.05, 0) is 68.6 Å². The van der Waals surface area contributed by atoms with E-state index in [1.807, 2.05) is 6.07 Å². The van der Waals surface area contributed by atoms with Gasteiger partial charge in [-0.15, -0.1) is 0 Å². The molecule has 1 aromatic rings. The molecule has 36 heavy (non-hydrogen) atoms. The number of carboxylic acid groups (broad SMARTS) is 2. The van der Waals surface area contributed by atoms with Gasteiger partial charge in [-0.2, -0.15) is 0 Å². The van der Waals surface area contributed by atoms with E-state index in [0.717, 1.165) is 42.6 Å². The highest BCUT2D eigenvalue weighted by atomic mass is 16.5. The van der Waals surface area contributed by atoms with E-state index in [1.165, 1.54) is 25.7 Å². The molecule has 2 aliphatic rings. The van der Waals surface area contributed by atoms with Crippen molar-refractivity contribution < 1.29 is 34.9 Å². The van der Waals surface area contributed by atoms with E-state index in [-0.39, 0.29) is 23.0 Å². The number of hydrogen-bond donors (Lipinski definition) is 5. The molecule has 0 saturated heterocycles. The van der Waals surface area contributed by atoms with Crippen LogP contribution in [-0.4, -0.2) is 44.1 Å². The molecule has 1 saturated carbocycles. The van der Waals surface area contributed by atoms with Crippen LogP contribution >= 0.6 is 0 Å². The third kappa shape index (κ3) is 7.71.